The summed E-state index contributed by atoms with van der Waals surface area (Å²) in [5.74, 6) is -2.16. The van der Waals surface area contributed by atoms with Gasteiger partial charge in [0.05, 0.1) is 5.92 Å². The lowest BCUT2D eigenvalue weighted by molar-refractivity contribution is -0.160. The fraction of sp³-hybridized carbons (Fsp3) is 0.381. The molecule has 0 bridgehead atoms. The van der Waals surface area contributed by atoms with Crippen molar-refractivity contribution < 1.29 is 18.0 Å². The topological polar surface area (TPSA) is 46.3 Å². The molecule has 28 heavy (non-hydrogen) atoms. The average molecular weight is 413 g/mol. The van der Waals surface area contributed by atoms with E-state index in [-0.39, 0.29) is 29.8 Å². The van der Waals surface area contributed by atoms with Crippen LogP contribution in [0.5, 0.6) is 0 Å². The van der Waals surface area contributed by atoms with Crippen LogP contribution in [0.25, 0.3) is 0 Å². The molecule has 3 nitrogen and oxygen atoms in total. The molecule has 0 radical (unpaired) electrons. The van der Waals surface area contributed by atoms with Crippen molar-refractivity contribution in [1.82, 2.24) is 4.90 Å². The summed E-state index contributed by atoms with van der Waals surface area (Å²) < 4.78 is 40.6. The van der Waals surface area contributed by atoms with Gasteiger partial charge in [0.1, 0.15) is 0 Å². The van der Waals surface area contributed by atoms with Gasteiger partial charge in [0.25, 0.3) is 0 Å². The predicted molar refractivity (Wildman–Crippen MR) is 105 cm³/mol. The number of carbonyl (C=O) groups excluding carboxylic acids is 1. The molecule has 2 aromatic rings. The van der Waals surface area contributed by atoms with Crippen molar-refractivity contribution in [2.45, 2.75) is 24.4 Å². The van der Waals surface area contributed by atoms with Crippen LogP contribution in [0.2, 0.25) is 0 Å². The summed E-state index contributed by atoms with van der Waals surface area (Å²) in [6.07, 6.45) is -5.05. The zero-order valence-corrected chi connectivity index (χ0v) is 16.1. The van der Waals surface area contributed by atoms with Crippen molar-refractivity contribution in [2.24, 2.45) is 11.7 Å². The summed E-state index contributed by atoms with van der Waals surface area (Å²) in [7, 11) is 0. The fourth-order valence-corrected chi connectivity index (χ4v) is 3.80. The van der Waals surface area contributed by atoms with Crippen LogP contribution < -0.4 is 5.73 Å². The minimum absolute atomic E-state index is 0. The molecule has 0 aromatic heterocycles. The molecule has 0 saturated carbocycles. The smallest absolute Gasteiger partial charge is 0.342 e. The first kappa shape index (κ1) is 22.2. The SMILES string of the molecule is Cl.NC[C@@H]1CN(C(=O)CC(c2ccccc2)C(F)(F)F)C[C@H]1c1ccccc1. The van der Waals surface area contributed by atoms with Crippen molar-refractivity contribution in [1.29, 1.82) is 0 Å². The fourth-order valence-electron chi connectivity index (χ4n) is 3.80. The number of likely N-dealkylation sites (tertiary alicyclic amines) is 1. The summed E-state index contributed by atoms with van der Waals surface area (Å²) in [4.78, 5) is 14.2. The monoisotopic (exact) mass is 412 g/mol. The Hall–Kier alpha value is -2.05. The lowest BCUT2D eigenvalue weighted by Gasteiger charge is -2.24. The molecule has 152 valence electrons. The van der Waals surface area contributed by atoms with Crippen LogP contribution in [0.3, 0.4) is 0 Å². The Balaban J connectivity index is 0.00000280. The Morgan fingerprint density at radius 3 is 2.14 bits per heavy atom. The van der Waals surface area contributed by atoms with Crippen LogP contribution in [0, 0.1) is 5.92 Å². The molecule has 3 atom stereocenters. The normalized spacial score (nSPS) is 20.5. The first-order valence-electron chi connectivity index (χ1n) is 9.04. The number of halogens is 4. The predicted octanol–water partition coefficient (Wildman–Crippen LogP) is 4.35. The molecule has 1 amide bonds. The van der Waals surface area contributed by atoms with E-state index in [9.17, 15) is 18.0 Å². The minimum atomic E-state index is -4.47. The van der Waals surface area contributed by atoms with Gasteiger partial charge in [0, 0.05) is 25.4 Å². The Kier molecular flexibility index (Phi) is 7.49. The number of nitrogens with two attached hydrogens (primary N) is 1. The van der Waals surface area contributed by atoms with Gasteiger partial charge >= 0.3 is 6.18 Å². The lowest BCUT2D eigenvalue weighted by atomic mass is 9.89. The van der Waals surface area contributed by atoms with E-state index >= 15 is 0 Å². The van der Waals surface area contributed by atoms with Crippen molar-refractivity contribution >= 4 is 18.3 Å². The van der Waals surface area contributed by atoms with Crippen LogP contribution in [-0.2, 0) is 4.79 Å². The number of hydrogen-bond acceptors (Lipinski definition) is 2. The van der Waals surface area contributed by atoms with Gasteiger partial charge in [-0.3, -0.25) is 4.79 Å². The molecule has 2 aromatic carbocycles. The van der Waals surface area contributed by atoms with Crippen molar-refractivity contribution in [3.8, 4) is 0 Å². The van der Waals surface area contributed by atoms with E-state index in [4.69, 9.17) is 5.73 Å². The summed E-state index contributed by atoms with van der Waals surface area (Å²) >= 11 is 0. The summed E-state index contributed by atoms with van der Waals surface area (Å²) in [5.41, 5.74) is 7.05. The molecule has 1 unspecified atom stereocenters. The highest BCUT2D eigenvalue weighted by Crippen LogP contribution is 2.39. The highest BCUT2D eigenvalue weighted by atomic mass is 35.5. The third-order valence-electron chi connectivity index (χ3n) is 5.30. The van der Waals surface area contributed by atoms with Crippen molar-refractivity contribution in [3.63, 3.8) is 0 Å². The van der Waals surface area contributed by atoms with Gasteiger partial charge < -0.3 is 10.6 Å². The largest absolute Gasteiger partial charge is 0.396 e. The van der Waals surface area contributed by atoms with Gasteiger partial charge in [-0.1, -0.05) is 60.7 Å². The third kappa shape index (κ3) is 5.06. The van der Waals surface area contributed by atoms with Gasteiger partial charge in [-0.05, 0) is 23.6 Å². The second-order valence-corrected chi connectivity index (χ2v) is 7.02. The number of rotatable bonds is 5. The molecular weight excluding hydrogens is 389 g/mol. The number of nitrogens with zero attached hydrogens (tertiary/aromatic N) is 1. The van der Waals surface area contributed by atoms with E-state index in [1.165, 1.54) is 17.0 Å². The Bertz CT molecular complexity index is 755. The number of amides is 1. The average Bonchev–Trinajstić information content (AvgIpc) is 3.11. The molecule has 7 heteroatoms. The molecule has 1 aliphatic rings. The number of benzene rings is 2. The molecular formula is C21H24ClF3N2O. The van der Waals surface area contributed by atoms with Gasteiger partial charge in [0.15, 0.2) is 0 Å². The molecule has 2 N–H and O–H groups in total. The van der Waals surface area contributed by atoms with E-state index in [0.717, 1.165) is 5.56 Å². The van der Waals surface area contributed by atoms with Crippen LogP contribution >= 0.6 is 12.4 Å². The molecule has 0 aliphatic carbocycles. The Morgan fingerprint density at radius 1 is 1.04 bits per heavy atom. The molecule has 1 saturated heterocycles. The number of hydrogen-bond donors (Lipinski definition) is 1. The maximum absolute atomic E-state index is 13.5. The third-order valence-corrected chi connectivity index (χ3v) is 5.30. The van der Waals surface area contributed by atoms with E-state index in [1.807, 2.05) is 30.3 Å². The zero-order valence-electron chi connectivity index (χ0n) is 15.3. The number of alkyl halides is 3. The van der Waals surface area contributed by atoms with Crippen LogP contribution in [0.1, 0.15) is 29.4 Å². The maximum Gasteiger partial charge on any atom is 0.396 e. The quantitative estimate of drug-likeness (QED) is 0.793. The van der Waals surface area contributed by atoms with E-state index in [2.05, 4.69) is 0 Å². The van der Waals surface area contributed by atoms with Gasteiger partial charge in [-0.2, -0.15) is 13.2 Å². The summed E-state index contributed by atoms with van der Waals surface area (Å²) in [5, 5.41) is 0. The van der Waals surface area contributed by atoms with Gasteiger partial charge in [-0.25, -0.2) is 0 Å². The molecule has 0 spiro atoms. The first-order chi connectivity index (χ1) is 12.9. The molecule has 3 rings (SSSR count). The highest BCUT2D eigenvalue weighted by Gasteiger charge is 2.44. The van der Waals surface area contributed by atoms with E-state index in [1.54, 1.807) is 18.2 Å². The lowest BCUT2D eigenvalue weighted by Crippen LogP contribution is -2.34. The number of carbonyl (C=O) groups is 1. The van der Waals surface area contributed by atoms with Crippen LogP contribution in [0.4, 0.5) is 13.2 Å². The zero-order chi connectivity index (χ0) is 19.4. The van der Waals surface area contributed by atoms with E-state index in [0.29, 0.717) is 19.6 Å². The molecule has 1 heterocycles. The maximum atomic E-state index is 13.5. The van der Waals surface area contributed by atoms with Crippen molar-refractivity contribution in [2.75, 3.05) is 19.6 Å². The Morgan fingerprint density at radius 2 is 1.61 bits per heavy atom. The first-order valence-corrected chi connectivity index (χ1v) is 9.04. The second kappa shape index (κ2) is 9.43. The Labute approximate surface area is 169 Å². The summed E-state index contributed by atoms with van der Waals surface area (Å²) in [6.45, 7) is 1.20. The van der Waals surface area contributed by atoms with E-state index < -0.39 is 24.4 Å². The highest BCUT2D eigenvalue weighted by molar-refractivity contribution is 5.85. The minimum Gasteiger partial charge on any atom is -0.342 e. The van der Waals surface area contributed by atoms with Gasteiger partial charge in [0.2, 0.25) is 5.91 Å². The van der Waals surface area contributed by atoms with Crippen molar-refractivity contribution in [3.05, 3.63) is 71.8 Å². The second-order valence-electron chi connectivity index (χ2n) is 7.02. The van der Waals surface area contributed by atoms with Crippen LogP contribution in [-0.4, -0.2) is 36.6 Å². The van der Waals surface area contributed by atoms with Gasteiger partial charge in [-0.15, -0.1) is 12.4 Å². The van der Waals surface area contributed by atoms with Crippen LogP contribution in [0.15, 0.2) is 60.7 Å². The standard InChI is InChI=1S/C21H23F3N2O.ClH/c22-21(23,24)19(16-9-5-2-6-10-16)11-20(27)26-13-17(12-25)18(14-26)15-7-3-1-4-8-15;/h1-10,17-19H,11-14,25H2;1H/t17-,18+,19?;/m1./s1. The summed E-state index contributed by atoms with van der Waals surface area (Å²) in [6, 6.07) is 17.3. The molecule has 1 aliphatic heterocycles. The molecule has 1 fully saturated rings.